The Morgan fingerprint density at radius 1 is 1.20 bits per heavy atom. The summed E-state index contributed by atoms with van der Waals surface area (Å²) in [5.74, 6) is -1.38. The van der Waals surface area contributed by atoms with E-state index in [1.807, 2.05) is 0 Å². The van der Waals surface area contributed by atoms with Crippen LogP contribution in [0.5, 0.6) is 5.75 Å². The first-order valence-electron chi connectivity index (χ1n) is 5.79. The highest BCUT2D eigenvalue weighted by Crippen LogP contribution is 2.31. The number of hydrogen-bond donors (Lipinski definition) is 1. The van der Waals surface area contributed by atoms with Crippen molar-refractivity contribution < 1.29 is 18.3 Å². The van der Waals surface area contributed by atoms with Crippen molar-refractivity contribution in [3.63, 3.8) is 0 Å². The fourth-order valence-corrected chi connectivity index (χ4v) is 1.87. The number of carbonyl (C=O) groups is 1. The minimum absolute atomic E-state index is 0.0802. The van der Waals surface area contributed by atoms with E-state index in [4.69, 9.17) is 10.5 Å². The quantitative estimate of drug-likeness (QED) is 0.933. The highest BCUT2D eigenvalue weighted by molar-refractivity contribution is 5.87. The van der Waals surface area contributed by atoms with Gasteiger partial charge in [-0.1, -0.05) is 12.1 Å². The van der Waals surface area contributed by atoms with Gasteiger partial charge in [0.2, 0.25) is 5.91 Å². The van der Waals surface area contributed by atoms with Crippen molar-refractivity contribution in [1.82, 2.24) is 0 Å². The van der Waals surface area contributed by atoms with E-state index in [9.17, 15) is 13.6 Å². The Bertz CT molecular complexity index is 656. The summed E-state index contributed by atoms with van der Waals surface area (Å²) in [6.07, 6.45) is 0.988. The largest absolute Gasteiger partial charge is 0.496 e. The second kappa shape index (κ2) is 5.69. The molecule has 0 spiro atoms. The van der Waals surface area contributed by atoms with Crippen LogP contribution in [0.4, 0.5) is 8.78 Å². The standard InChI is InChI=1S/C15H12F2NO2/c1-20-14-5-4-11(16)8-12(14)9-2-3-10(7-15(18)19)13(17)6-9/h2-8H,1H3,(H2,18,19). The summed E-state index contributed by atoms with van der Waals surface area (Å²) in [6.45, 7) is 0. The Labute approximate surface area is 115 Å². The van der Waals surface area contributed by atoms with Gasteiger partial charge in [-0.25, -0.2) is 8.78 Å². The maximum atomic E-state index is 13.9. The van der Waals surface area contributed by atoms with Gasteiger partial charge in [0, 0.05) is 11.1 Å². The van der Waals surface area contributed by atoms with Crippen LogP contribution < -0.4 is 10.5 Å². The van der Waals surface area contributed by atoms with Crippen LogP contribution in [0.3, 0.4) is 0 Å². The molecule has 0 saturated carbocycles. The predicted octanol–water partition coefficient (Wildman–Crippen LogP) is 2.68. The first kappa shape index (κ1) is 14.0. The van der Waals surface area contributed by atoms with Crippen LogP contribution in [-0.2, 0) is 4.79 Å². The first-order chi connectivity index (χ1) is 9.51. The molecule has 0 heterocycles. The van der Waals surface area contributed by atoms with Gasteiger partial charge in [0.05, 0.1) is 13.5 Å². The highest BCUT2D eigenvalue weighted by Gasteiger charge is 2.11. The van der Waals surface area contributed by atoms with E-state index in [2.05, 4.69) is 0 Å². The second-order valence-corrected chi connectivity index (χ2v) is 4.13. The minimum Gasteiger partial charge on any atom is -0.496 e. The van der Waals surface area contributed by atoms with Crippen molar-refractivity contribution in [2.24, 2.45) is 5.73 Å². The molecule has 0 aliphatic carbocycles. The minimum atomic E-state index is -0.736. The summed E-state index contributed by atoms with van der Waals surface area (Å²) < 4.78 is 32.3. The van der Waals surface area contributed by atoms with E-state index in [0.29, 0.717) is 16.9 Å². The Morgan fingerprint density at radius 2 is 1.95 bits per heavy atom. The Morgan fingerprint density at radius 3 is 2.55 bits per heavy atom. The van der Waals surface area contributed by atoms with Crippen molar-refractivity contribution in [1.29, 1.82) is 0 Å². The number of amides is 1. The number of carbonyl (C=O) groups excluding carboxylic acids is 1. The number of nitrogens with two attached hydrogens (primary N) is 1. The molecule has 1 amide bonds. The molecule has 0 fully saturated rings. The van der Waals surface area contributed by atoms with Crippen molar-refractivity contribution in [3.8, 4) is 16.9 Å². The average molecular weight is 276 g/mol. The molecule has 2 rings (SSSR count). The van der Waals surface area contributed by atoms with Gasteiger partial charge >= 0.3 is 0 Å². The number of primary amides is 1. The number of ether oxygens (including phenoxy) is 1. The predicted molar refractivity (Wildman–Crippen MR) is 70.9 cm³/mol. The first-order valence-corrected chi connectivity index (χ1v) is 5.79. The maximum Gasteiger partial charge on any atom is 0.226 e. The number of methoxy groups -OCH3 is 1. The van der Waals surface area contributed by atoms with Gasteiger partial charge < -0.3 is 10.5 Å². The second-order valence-electron chi connectivity index (χ2n) is 4.13. The summed E-state index contributed by atoms with van der Waals surface area (Å²) >= 11 is 0. The lowest BCUT2D eigenvalue weighted by atomic mass is 10.0. The van der Waals surface area contributed by atoms with Crippen molar-refractivity contribution in [2.45, 2.75) is 0 Å². The van der Waals surface area contributed by atoms with Gasteiger partial charge in [0.25, 0.3) is 0 Å². The van der Waals surface area contributed by atoms with Crippen molar-refractivity contribution >= 4 is 5.91 Å². The third kappa shape index (κ3) is 2.93. The van der Waals surface area contributed by atoms with Crippen molar-refractivity contribution in [3.05, 3.63) is 60.0 Å². The van der Waals surface area contributed by atoms with Crippen LogP contribution in [0.15, 0.2) is 36.4 Å². The van der Waals surface area contributed by atoms with Gasteiger partial charge in [-0.3, -0.25) is 4.79 Å². The molecule has 0 unspecified atom stereocenters. The molecule has 2 N–H and O–H groups in total. The molecule has 3 nitrogen and oxygen atoms in total. The van der Waals surface area contributed by atoms with E-state index < -0.39 is 17.5 Å². The summed E-state index contributed by atoms with van der Waals surface area (Å²) in [5.41, 5.74) is 5.93. The number of halogens is 2. The lowest BCUT2D eigenvalue weighted by Crippen LogP contribution is -2.12. The van der Waals surface area contributed by atoms with Crippen molar-refractivity contribution in [2.75, 3.05) is 7.11 Å². The van der Waals surface area contributed by atoms with E-state index in [0.717, 1.165) is 6.42 Å². The molecule has 0 aliphatic heterocycles. The monoisotopic (exact) mass is 276 g/mol. The fourth-order valence-electron chi connectivity index (χ4n) is 1.87. The third-order valence-electron chi connectivity index (χ3n) is 2.77. The smallest absolute Gasteiger partial charge is 0.226 e. The molecule has 2 aromatic carbocycles. The maximum absolute atomic E-state index is 13.9. The fraction of sp³-hybridized carbons (Fsp3) is 0.0667. The van der Waals surface area contributed by atoms with Gasteiger partial charge in [0.15, 0.2) is 0 Å². The van der Waals surface area contributed by atoms with Crippen LogP contribution >= 0.6 is 0 Å². The third-order valence-corrected chi connectivity index (χ3v) is 2.77. The number of benzene rings is 2. The molecule has 0 aliphatic rings. The molecule has 1 radical (unpaired) electrons. The molecule has 20 heavy (non-hydrogen) atoms. The molecule has 0 bridgehead atoms. The van der Waals surface area contributed by atoms with E-state index in [1.165, 1.54) is 37.4 Å². The van der Waals surface area contributed by atoms with Gasteiger partial charge in [-0.15, -0.1) is 0 Å². The molecule has 0 atom stereocenters. The van der Waals surface area contributed by atoms with Gasteiger partial charge in [0.1, 0.15) is 17.4 Å². The lowest BCUT2D eigenvalue weighted by Gasteiger charge is -2.10. The number of hydrogen-bond acceptors (Lipinski definition) is 2. The molecule has 103 valence electrons. The highest BCUT2D eigenvalue weighted by atomic mass is 19.1. The van der Waals surface area contributed by atoms with Crippen LogP contribution in [0, 0.1) is 18.1 Å². The zero-order chi connectivity index (χ0) is 14.7. The molecule has 5 heteroatoms. The van der Waals surface area contributed by atoms with E-state index >= 15 is 0 Å². The SMILES string of the molecule is COc1ccc(F)cc1-c1ccc([CH]C(N)=O)c(F)c1. The Hall–Kier alpha value is -2.43. The zero-order valence-corrected chi connectivity index (χ0v) is 10.7. The molecule has 2 aromatic rings. The number of rotatable bonds is 4. The Kier molecular flexibility index (Phi) is 3.98. The van der Waals surface area contributed by atoms with Gasteiger partial charge in [-0.05, 0) is 29.8 Å². The molecular weight excluding hydrogens is 264 g/mol. The normalized spacial score (nSPS) is 10.3. The molecule has 0 saturated heterocycles. The van der Waals surface area contributed by atoms with Crippen LogP contribution in [0.25, 0.3) is 11.1 Å². The molecule has 0 aromatic heterocycles. The van der Waals surface area contributed by atoms with Crippen LogP contribution in [-0.4, -0.2) is 13.0 Å². The van der Waals surface area contributed by atoms with Gasteiger partial charge in [-0.2, -0.15) is 0 Å². The molecular formula is C15H12F2NO2. The topological polar surface area (TPSA) is 52.3 Å². The summed E-state index contributed by atoms with van der Waals surface area (Å²) in [6, 6.07) is 8.14. The zero-order valence-electron chi connectivity index (χ0n) is 10.7. The van der Waals surface area contributed by atoms with E-state index in [1.54, 1.807) is 6.07 Å². The summed E-state index contributed by atoms with van der Waals surface area (Å²) in [4.78, 5) is 10.8. The lowest BCUT2D eigenvalue weighted by molar-refractivity contribution is -0.114. The summed E-state index contributed by atoms with van der Waals surface area (Å²) in [5, 5.41) is 0. The van der Waals surface area contributed by atoms with Crippen LogP contribution in [0.1, 0.15) is 5.56 Å². The van der Waals surface area contributed by atoms with E-state index in [-0.39, 0.29) is 5.56 Å². The average Bonchev–Trinajstić information content (AvgIpc) is 2.40. The summed E-state index contributed by atoms with van der Waals surface area (Å²) in [7, 11) is 1.45. The Balaban J connectivity index is 2.46. The van der Waals surface area contributed by atoms with Crippen LogP contribution in [0.2, 0.25) is 0 Å².